The molecule has 13 heavy (non-hydrogen) atoms. The number of thioether (sulfide) groups is 1. The van der Waals surface area contributed by atoms with Crippen molar-refractivity contribution in [1.29, 1.82) is 0 Å². The van der Waals surface area contributed by atoms with Crippen molar-refractivity contribution in [3.8, 4) is 0 Å². The summed E-state index contributed by atoms with van der Waals surface area (Å²) < 4.78 is 0. The third kappa shape index (κ3) is 3.71. The van der Waals surface area contributed by atoms with Crippen LogP contribution in [-0.2, 0) is 0 Å². The van der Waals surface area contributed by atoms with Crippen molar-refractivity contribution < 1.29 is 0 Å². The predicted molar refractivity (Wildman–Crippen MR) is 63.7 cm³/mol. The highest BCUT2D eigenvalue weighted by Gasteiger charge is 2.09. The summed E-state index contributed by atoms with van der Waals surface area (Å²) in [6.07, 6.45) is 3.39. The van der Waals surface area contributed by atoms with Crippen molar-refractivity contribution in [3.05, 3.63) is 22.4 Å². The van der Waals surface area contributed by atoms with Gasteiger partial charge >= 0.3 is 0 Å². The van der Waals surface area contributed by atoms with Gasteiger partial charge in [-0.2, -0.15) is 23.1 Å². The van der Waals surface area contributed by atoms with Gasteiger partial charge in [0.2, 0.25) is 0 Å². The van der Waals surface area contributed by atoms with Crippen molar-refractivity contribution in [1.82, 2.24) is 5.32 Å². The Hall–Kier alpha value is 0.01000. The van der Waals surface area contributed by atoms with E-state index in [1.165, 1.54) is 17.7 Å². The zero-order chi connectivity index (χ0) is 9.52. The number of hydrogen-bond donors (Lipinski definition) is 1. The average molecular weight is 215 g/mol. The lowest BCUT2D eigenvalue weighted by molar-refractivity contribution is 0.542. The van der Waals surface area contributed by atoms with Gasteiger partial charge in [0, 0.05) is 6.04 Å². The Bertz CT molecular complexity index is 209. The smallest absolute Gasteiger partial charge is 0.0336 e. The van der Waals surface area contributed by atoms with E-state index >= 15 is 0 Å². The van der Waals surface area contributed by atoms with Crippen molar-refractivity contribution in [2.24, 2.45) is 0 Å². The Labute approximate surface area is 88.9 Å². The van der Waals surface area contributed by atoms with E-state index in [1.807, 2.05) is 11.8 Å². The van der Waals surface area contributed by atoms with Gasteiger partial charge in [-0.05, 0) is 47.4 Å². The van der Waals surface area contributed by atoms with Crippen molar-refractivity contribution in [3.63, 3.8) is 0 Å². The summed E-state index contributed by atoms with van der Waals surface area (Å²) in [5.74, 6) is 1.23. The Kier molecular flexibility index (Phi) is 5.51. The first kappa shape index (κ1) is 11.1. The quantitative estimate of drug-likeness (QED) is 0.782. The molecule has 0 spiro atoms. The van der Waals surface area contributed by atoms with Crippen LogP contribution < -0.4 is 5.32 Å². The van der Waals surface area contributed by atoms with Crippen LogP contribution in [0.3, 0.4) is 0 Å². The molecule has 0 aliphatic heterocycles. The molecule has 74 valence electrons. The minimum Gasteiger partial charge on any atom is -0.310 e. The first-order valence-electron chi connectivity index (χ1n) is 4.63. The molecule has 0 aliphatic carbocycles. The molecule has 0 saturated carbocycles. The van der Waals surface area contributed by atoms with Crippen LogP contribution >= 0.6 is 23.1 Å². The van der Waals surface area contributed by atoms with Crippen LogP contribution in [0.2, 0.25) is 0 Å². The molecule has 0 fully saturated rings. The van der Waals surface area contributed by atoms with E-state index in [0.29, 0.717) is 6.04 Å². The second-order valence-corrected chi connectivity index (χ2v) is 4.71. The molecule has 1 aromatic heterocycles. The lowest BCUT2D eigenvalue weighted by atomic mass is 10.1. The van der Waals surface area contributed by atoms with Gasteiger partial charge in [-0.25, -0.2) is 0 Å². The van der Waals surface area contributed by atoms with Crippen LogP contribution in [-0.4, -0.2) is 18.6 Å². The molecule has 0 saturated heterocycles. The molecule has 0 bridgehead atoms. The zero-order valence-corrected chi connectivity index (χ0v) is 9.88. The Balaban J connectivity index is 2.47. The fourth-order valence-corrected chi connectivity index (χ4v) is 2.53. The largest absolute Gasteiger partial charge is 0.310 e. The molecular formula is C10H17NS2. The van der Waals surface area contributed by atoms with Crippen LogP contribution in [0.4, 0.5) is 0 Å². The van der Waals surface area contributed by atoms with E-state index in [2.05, 4.69) is 35.3 Å². The van der Waals surface area contributed by atoms with E-state index in [0.717, 1.165) is 6.54 Å². The van der Waals surface area contributed by atoms with Gasteiger partial charge in [-0.15, -0.1) is 0 Å². The Morgan fingerprint density at radius 3 is 3.00 bits per heavy atom. The maximum absolute atomic E-state index is 3.51. The summed E-state index contributed by atoms with van der Waals surface area (Å²) in [4.78, 5) is 0. The molecular weight excluding hydrogens is 198 g/mol. The van der Waals surface area contributed by atoms with Gasteiger partial charge in [0.25, 0.3) is 0 Å². The number of hydrogen-bond acceptors (Lipinski definition) is 3. The third-order valence-electron chi connectivity index (χ3n) is 2.01. The van der Waals surface area contributed by atoms with Gasteiger partial charge in [-0.3, -0.25) is 0 Å². The molecule has 1 rings (SSSR count). The lowest BCUT2D eigenvalue weighted by Gasteiger charge is -2.15. The summed E-state index contributed by atoms with van der Waals surface area (Å²) in [5.41, 5.74) is 1.45. The topological polar surface area (TPSA) is 12.0 Å². The maximum atomic E-state index is 3.51. The summed E-state index contributed by atoms with van der Waals surface area (Å²) in [6.45, 7) is 3.22. The van der Waals surface area contributed by atoms with Crippen LogP contribution in [0, 0.1) is 0 Å². The monoisotopic (exact) mass is 215 g/mol. The first-order chi connectivity index (χ1) is 6.38. The number of thiophene rings is 1. The normalized spacial score (nSPS) is 13.1. The van der Waals surface area contributed by atoms with Crippen molar-refractivity contribution >= 4 is 23.1 Å². The van der Waals surface area contributed by atoms with E-state index < -0.39 is 0 Å². The van der Waals surface area contributed by atoms with E-state index in [4.69, 9.17) is 0 Å². The molecule has 1 N–H and O–H groups in total. The second-order valence-electron chi connectivity index (χ2n) is 2.95. The molecule has 0 amide bonds. The highest BCUT2D eigenvalue weighted by atomic mass is 32.2. The van der Waals surface area contributed by atoms with E-state index in [-0.39, 0.29) is 0 Å². The summed E-state index contributed by atoms with van der Waals surface area (Å²) >= 11 is 3.70. The molecule has 1 aromatic rings. The summed E-state index contributed by atoms with van der Waals surface area (Å²) in [6, 6.07) is 2.78. The van der Waals surface area contributed by atoms with Gasteiger partial charge in [-0.1, -0.05) is 6.92 Å². The molecule has 3 heteroatoms. The molecule has 1 nitrogen and oxygen atoms in total. The standard InChI is InChI=1S/C10H17NS2/c1-3-11-10(5-6-12-2)9-4-7-13-8-9/h4,7-8,10-11H,3,5-6H2,1-2H3. The fourth-order valence-electron chi connectivity index (χ4n) is 1.34. The van der Waals surface area contributed by atoms with Crippen LogP contribution in [0.15, 0.2) is 16.8 Å². The lowest BCUT2D eigenvalue weighted by Crippen LogP contribution is -2.20. The first-order valence-corrected chi connectivity index (χ1v) is 6.96. The summed E-state index contributed by atoms with van der Waals surface area (Å²) in [7, 11) is 0. The van der Waals surface area contributed by atoms with Crippen molar-refractivity contribution in [2.45, 2.75) is 19.4 Å². The summed E-state index contributed by atoms with van der Waals surface area (Å²) in [5, 5.41) is 7.91. The molecule has 0 aliphatic rings. The highest BCUT2D eigenvalue weighted by molar-refractivity contribution is 7.98. The van der Waals surface area contributed by atoms with Crippen LogP contribution in [0.25, 0.3) is 0 Å². The van der Waals surface area contributed by atoms with E-state index in [1.54, 1.807) is 11.3 Å². The van der Waals surface area contributed by atoms with Crippen LogP contribution in [0.1, 0.15) is 24.9 Å². The van der Waals surface area contributed by atoms with Gasteiger partial charge < -0.3 is 5.32 Å². The third-order valence-corrected chi connectivity index (χ3v) is 3.35. The second kappa shape index (κ2) is 6.46. The van der Waals surface area contributed by atoms with Gasteiger partial charge in [0.05, 0.1) is 0 Å². The van der Waals surface area contributed by atoms with Crippen LogP contribution in [0.5, 0.6) is 0 Å². The number of rotatable bonds is 6. The Morgan fingerprint density at radius 2 is 2.46 bits per heavy atom. The molecule has 1 heterocycles. The fraction of sp³-hybridized carbons (Fsp3) is 0.600. The van der Waals surface area contributed by atoms with Gasteiger partial charge in [0.15, 0.2) is 0 Å². The minimum atomic E-state index is 0.559. The predicted octanol–water partition coefficient (Wildman–Crippen LogP) is 3.15. The molecule has 1 unspecified atom stereocenters. The molecule has 1 atom stereocenters. The molecule has 0 radical (unpaired) electrons. The zero-order valence-electron chi connectivity index (χ0n) is 8.25. The van der Waals surface area contributed by atoms with Crippen molar-refractivity contribution in [2.75, 3.05) is 18.6 Å². The number of nitrogens with one attached hydrogen (secondary N) is 1. The van der Waals surface area contributed by atoms with E-state index in [9.17, 15) is 0 Å². The Morgan fingerprint density at radius 1 is 1.62 bits per heavy atom. The SMILES string of the molecule is CCNC(CCSC)c1ccsc1. The van der Waals surface area contributed by atoms with Gasteiger partial charge in [0.1, 0.15) is 0 Å². The molecule has 0 aromatic carbocycles. The minimum absolute atomic E-state index is 0.559. The highest BCUT2D eigenvalue weighted by Crippen LogP contribution is 2.20. The average Bonchev–Trinajstić information content (AvgIpc) is 2.65. The maximum Gasteiger partial charge on any atom is 0.0336 e.